The van der Waals surface area contributed by atoms with Crippen LogP contribution in [-0.2, 0) is 39.6 Å². The van der Waals surface area contributed by atoms with Gasteiger partial charge in [0.1, 0.15) is 5.82 Å². The van der Waals surface area contributed by atoms with E-state index in [1.165, 1.54) is 24.3 Å². The molecule has 1 fully saturated rings. The van der Waals surface area contributed by atoms with Crippen molar-refractivity contribution in [2.24, 2.45) is 0 Å². The van der Waals surface area contributed by atoms with E-state index in [0.29, 0.717) is 30.8 Å². The average molecular weight is 578 g/mol. The molecule has 0 bridgehead atoms. The Hall–Kier alpha value is -3.15. The van der Waals surface area contributed by atoms with Gasteiger partial charge in [0, 0.05) is 13.1 Å². The Morgan fingerprint density at radius 2 is 1.46 bits per heavy atom. The summed E-state index contributed by atoms with van der Waals surface area (Å²) in [5, 5.41) is 0. The Balaban J connectivity index is 0.00000420. The van der Waals surface area contributed by atoms with E-state index in [0.717, 1.165) is 5.56 Å². The fourth-order valence-corrected chi connectivity index (χ4v) is 4.27. The summed E-state index contributed by atoms with van der Waals surface area (Å²) < 4.78 is 104. The minimum atomic E-state index is -5.04. The minimum absolute atomic E-state index is 0. The molecule has 0 aromatic heterocycles. The molecule has 12 heteroatoms. The monoisotopic (exact) mass is 577 g/mol. The standard InChI is InChI=1S/C27H22F7NO3.ClH/c28-22-8-6-19(7-9-22)24-25(37-11-10-35(24)16-17-4-2-1-3-5-17)38-23(36)14-18-12-20(26(29,30)31)15-21(13-18)27(32,33)34;/h1-9,12-13,15,24-25H,10-11,14,16H2;1H/t24-,25+;/m0./s1. The van der Waals surface area contributed by atoms with Gasteiger partial charge >= 0.3 is 18.3 Å². The zero-order chi connectivity index (χ0) is 27.5. The van der Waals surface area contributed by atoms with Gasteiger partial charge < -0.3 is 9.47 Å². The normalized spacial score (nSPS) is 18.3. The summed E-state index contributed by atoms with van der Waals surface area (Å²) in [4.78, 5) is 14.7. The number of alkyl halides is 6. The Labute approximate surface area is 225 Å². The van der Waals surface area contributed by atoms with Gasteiger partial charge in [0.25, 0.3) is 0 Å². The van der Waals surface area contributed by atoms with Crippen molar-refractivity contribution < 1.29 is 45.0 Å². The zero-order valence-corrected chi connectivity index (χ0v) is 21.0. The predicted molar refractivity (Wildman–Crippen MR) is 129 cm³/mol. The molecule has 0 unspecified atom stereocenters. The lowest BCUT2D eigenvalue weighted by atomic mass is 10.0. The van der Waals surface area contributed by atoms with E-state index in [4.69, 9.17) is 9.47 Å². The van der Waals surface area contributed by atoms with E-state index in [2.05, 4.69) is 0 Å². The SMILES string of the molecule is Cl.O=C(Cc1cc(C(F)(F)F)cc(C(F)(F)F)c1)O[C@H]1OCCN(Cc2ccccc2)[C@H]1c1ccc(F)cc1. The number of halogens is 8. The molecule has 0 N–H and O–H groups in total. The second-order valence-corrected chi connectivity index (χ2v) is 8.77. The van der Waals surface area contributed by atoms with E-state index in [-0.39, 0.29) is 25.1 Å². The maximum Gasteiger partial charge on any atom is 0.416 e. The van der Waals surface area contributed by atoms with Crippen molar-refractivity contribution in [3.05, 3.63) is 106 Å². The Bertz CT molecular complexity index is 1220. The molecule has 1 saturated heterocycles. The second kappa shape index (κ2) is 12.4. The van der Waals surface area contributed by atoms with Crippen LogP contribution in [0.1, 0.15) is 33.9 Å². The van der Waals surface area contributed by atoms with Crippen LogP contribution in [0.4, 0.5) is 30.7 Å². The molecular formula is C27H23ClF7NO3. The first-order chi connectivity index (χ1) is 17.9. The molecule has 1 heterocycles. The Morgan fingerprint density at radius 3 is 2.03 bits per heavy atom. The number of benzene rings is 3. The lowest BCUT2D eigenvalue weighted by molar-refractivity contribution is -0.214. The molecule has 0 saturated carbocycles. The van der Waals surface area contributed by atoms with Gasteiger partial charge in [-0.05, 0) is 47.0 Å². The van der Waals surface area contributed by atoms with Crippen molar-refractivity contribution in [3.63, 3.8) is 0 Å². The lowest BCUT2D eigenvalue weighted by Crippen LogP contribution is -2.46. The number of nitrogens with zero attached hydrogens (tertiary/aromatic N) is 1. The van der Waals surface area contributed by atoms with Crippen LogP contribution in [0, 0.1) is 5.82 Å². The van der Waals surface area contributed by atoms with Gasteiger partial charge in [0.2, 0.25) is 6.29 Å². The van der Waals surface area contributed by atoms with E-state index < -0.39 is 59.6 Å². The predicted octanol–water partition coefficient (Wildman–Crippen LogP) is 6.97. The molecule has 39 heavy (non-hydrogen) atoms. The maximum absolute atomic E-state index is 13.6. The quantitative estimate of drug-likeness (QED) is 0.234. The highest BCUT2D eigenvalue weighted by atomic mass is 35.5. The fraction of sp³-hybridized carbons (Fsp3) is 0.296. The summed E-state index contributed by atoms with van der Waals surface area (Å²) in [5.74, 6) is -1.56. The van der Waals surface area contributed by atoms with Crippen molar-refractivity contribution in [2.45, 2.75) is 37.7 Å². The first-order valence-corrected chi connectivity index (χ1v) is 11.5. The van der Waals surface area contributed by atoms with E-state index in [9.17, 15) is 35.5 Å². The van der Waals surface area contributed by atoms with Crippen molar-refractivity contribution in [2.75, 3.05) is 13.2 Å². The molecule has 2 atom stereocenters. The Kier molecular flexibility index (Phi) is 9.63. The van der Waals surface area contributed by atoms with Crippen LogP contribution < -0.4 is 0 Å². The van der Waals surface area contributed by atoms with Crippen LogP contribution in [0.15, 0.2) is 72.8 Å². The van der Waals surface area contributed by atoms with Crippen molar-refractivity contribution >= 4 is 18.4 Å². The van der Waals surface area contributed by atoms with Gasteiger partial charge in [-0.3, -0.25) is 9.69 Å². The summed E-state index contributed by atoms with van der Waals surface area (Å²) >= 11 is 0. The third-order valence-corrected chi connectivity index (χ3v) is 6.00. The highest BCUT2D eigenvalue weighted by molar-refractivity contribution is 5.85. The third-order valence-electron chi connectivity index (χ3n) is 6.00. The molecule has 210 valence electrons. The van der Waals surface area contributed by atoms with Crippen LogP contribution in [0.2, 0.25) is 0 Å². The van der Waals surface area contributed by atoms with Gasteiger partial charge in [-0.25, -0.2) is 4.39 Å². The summed E-state index contributed by atoms with van der Waals surface area (Å²) in [7, 11) is 0. The van der Waals surface area contributed by atoms with E-state index in [1.807, 2.05) is 35.2 Å². The molecular weight excluding hydrogens is 555 g/mol. The summed E-state index contributed by atoms with van der Waals surface area (Å²) in [6.45, 7) is 0.987. The number of esters is 1. The van der Waals surface area contributed by atoms with Gasteiger partial charge in [-0.15, -0.1) is 12.4 Å². The third kappa shape index (κ3) is 7.93. The summed E-state index contributed by atoms with van der Waals surface area (Å²) in [5.41, 5.74) is -2.06. The molecule has 0 aliphatic carbocycles. The van der Waals surface area contributed by atoms with Crippen LogP contribution in [0.25, 0.3) is 0 Å². The highest BCUT2D eigenvalue weighted by Gasteiger charge is 2.39. The van der Waals surface area contributed by atoms with Crippen LogP contribution in [0.5, 0.6) is 0 Å². The minimum Gasteiger partial charge on any atom is -0.433 e. The summed E-state index contributed by atoms with van der Waals surface area (Å²) in [6.07, 6.45) is -12.2. The number of carbonyl (C=O) groups is 1. The Morgan fingerprint density at radius 1 is 0.872 bits per heavy atom. The fourth-order valence-electron chi connectivity index (χ4n) is 4.27. The van der Waals surface area contributed by atoms with Gasteiger partial charge in [0.05, 0.1) is 30.2 Å². The molecule has 0 spiro atoms. The smallest absolute Gasteiger partial charge is 0.416 e. The van der Waals surface area contributed by atoms with Crippen molar-refractivity contribution in [1.29, 1.82) is 0 Å². The molecule has 0 amide bonds. The second-order valence-electron chi connectivity index (χ2n) is 8.77. The van der Waals surface area contributed by atoms with Crippen molar-refractivity contribution in [3.8, 4) is 0 Å². The molecule has 0 radical (unpaired) electrons. The molecule has 4 rings (SSSR count). The average Bonchev–Trinajstić information content (AvgIpc) is 2.84. The van der Waals surface area contributed by atoms with Gasteiger partial charge in [-0.1, -0.05) is 42.5 Å². The van der Waals surface area contributed by atoms with Crippen LogP contribution >= 0.6 is 12.4 Å². The van der Waals surface area contributed by atoms with E-state index >= 15 is 0 Å². The lowest BCUT2D eigenvalue weighted by Gasteiger charge is -2.40. The molecule has 1 aliphatic rings. The van der Waals surface area contributed by atoms with Crippen molar-refractivity contribution in [1.82, 2.24) is 4.90 Å². The first kappa shape index (κ1) is 30.4. The highest BCUT2D eigenvalue weighted by Crippen LogP contribution is 2.37. The summed E-state index contributed by atoms with van der Waals surface area (Å²) in [6, 6.07) is 15.0. The molecule has 3 aromatic rings. The zero-order valence-electron chi connectivity index (χ0n) is 20.1. The number of carbonyl (C=O) groups excluding carboxylic acids is 1. The van der Waals surface area contributed by atoms with Crippen LogP contribution in [-0.4, -0.2) is 30.3 Å². The number of rotatable bonds is 6. The first-order valence-electron chi connectivity index (χ1n) is 11.5. The molecule has 1 aliphatic heterocycles. The van der Waals surface area contributed by atoms with Gasteiger partial charge in [-0.2, -0.15) is 26.3 Å². The number of ether oxygens (including phenoxy) is 2. The maximum atomic E-state index is 13.6. The van der Waals surface area contributed by atoms with Crippen LogP contribution in [0.3, 0.4) is 0 Å². The molecule has 3 aromatic carbocycles. The van der Waals surface area contributed by atoms with E-state index in [1.54, 1.807) is 0 Å². The largest absolute Gasteiger partial charge is 0.433 e. The topological polar surface area (TPSA) is 38.8 Å². The van der Waals surface area contributed by atoms with Gasteiger partial charge in [0.15, 0.2) is 0 Å². The molecule has 4 nitrogen and oxygen atoms in total. The number of morpholine rings is 1. The number of hydrogen-bond acceptors (Lipinski definition) is 4. The number of hydrogen-bond donors (Lipinski definition) is 0.